The van der Waals surface area contributed by atoms with Crippen LogP contribution in [0.1, 0.15) is 23.0 Å². The van der Waals surface area contributed by atoms with Crippen molar-refractivity contribution in [1.82, 2.24) is 0 Å². The summed E-state index contributed by atoms with van der Waals surface area (Å²) in [5.74, 6) is -5.37. The van der Waals surface area contributed by atoms with Gasteiger partial charge in [0.15, 0.2) is 11.5 Å². The van der Waals surface area contributed by atoms with Crippen molar-refractivity contribution in [1.29, 1.82) is 0 Å². The van der Waals surface area contributed by atoms with E-state index in [4.69, 9.17) is 23.4 Å². The van der Waals surface area contributed by atoms with Gasteiger partial charge in [0, 0.05) is 35.6 Å². The fourth-order valence-corrected chi connectivity index (χ4v) is 7.53. The second-order valence-electron chi connectivity index (χ2n) is 13.3. The van der Waals surface area contributed by atoms with Gasteiger partial charge in [0.2, 0.25) is 6.29 Å². The van der Waals surface area contributed by atoms with E-state index < -0.39 is 84.1 Å². The third-order valence-corrected chi connectivity index (χ3v) is 10.1. The summed E-state index contributed by atoms with van der Waals surface area (Å²) in [4.78, 5) is 40.6. The van der Waals surface area contributed by atoms with Gasteiger partial charge in [0.05, 0.1) is 11.8 Å². The molecule has 3 heterocycles. The number of hydrogen-bond acceptors (Lipinski definition) is 14. The fraction of sp³-hybridized carbons (Fsp3) is 0.256. The summed E-state index contributed by atoms with van der Waals surface area (Å²) < 4.78 is 29.2. The summed E-state index contributed by atoms with van der Waals surface area (Å²) in [5.41, 5.74) is 1.10. The number of benzene rings is 4. The molecule has 8 rings (SSSR count). The predicted octanol–water partition coefficient (Wildman–Crippen LogP) is 3.39. The molecule has 1 saturated carbocycles. The smallest absolute Gasteiger partial charge is 0.310 e. The van der Waals surface area contributed by atoms with Crippen LogP contribution in [0.2, 0.25) is 0 Å². The van der Waals surface area contributed by atoms with E-state index in [0.717, 1.165) is 6.07 Å². The molecule has 0 radical (unpaired) electrons. The molecule has 4 aromatic carbocycles. The molecular weight excluding hydrogens is 692 g/mol. The van der Waals surface area contributed by atoms with Crippen LogP contribution < -0.4 is 10.2 Å². The molecular formula is C39H32O14. The van der Waals surface area contributed by atoms with Crippen molar-refractivity contribution in [2.45, 2.75) is 42.5 Å². The Bertz CT molecular complexity index is 2250. The Morgan fingerprint density at radius 3 is 1.81 bits per heavy atom. The van der Waals surface area contributed by atoms with Crippen LogP contribution in [0, 0.1) is 11.8 Å². The van der Waals surface area contributed by atoms with Gasteiger partial charge in [-0.15, -0.1) is 0 Å². The van der Waals surface area contributed by atoms with E-state index in [1.54, 1.807) is 24.3 Å². The van der Waals surface area contributed by atoms with E-state index in [-0.39, 0.29) is 39.7 Å². The number of esters is 2. The fourth-order valence-electron chi connectivity index (χ4n) is 7.53. The lowest BCUT2D eigenvalue weighted by Crippen LogP contribution is -2.61. The first-order chi connectivity index (χ1) is 25.5. The first kappa shape index (κ1) is 34.0. The van der Waals surface area contributed by atoms with Crippen molar-refractivity contribution < 1.29 is 63.6 Å². The molecule has 14 heteroatoms. The highest BCUT2D eigenvalue weighted by atomic mass is 16.7. The molecule has 53 heavy (non-hydrogen) atoms. The summed E-state index contributed by atoms with van der Waals surface area (Å²) in [5, 5.41) is 62.5. The van der Waals surface area contributed by atoms with Crippen molar-refractivity contribution in [2.24, 2.45) is 11.8 Å². The van der Waals surface area contributed by atoms with Crippen molar-refractivity contribution in [3.63, 3.8) is 0 Å². The van der Waals surface area contributed by atoms with E-state index in [2.05, 4.69) is 0 Å². The lowest BCUT2D eigenvalue weighted by molar-refractivity contribution is -0.282. The first-order valence-electron chi connectivity index (χ1n) is 16.7. The first-order valence-corrected chi connectivity index (χ1v) is 16.7. The van der Waals surface area contributed by atoms with Crippen LogP contribution in [0.5, 0.6) is 28.7 Å². The van der Waals surface area contributed by atoms with Gasteiger partial charge in [-0.05, 0) is 59.7 Å². The topological polar surface area (TPSA) is 223 Å². The molecule has 2 aliphatic heterocycles. The summed E-state index contributed by atoms with van der Waals surface area (Å²) in [6.45, 7) is -0.496. The minimum absolute atomic E-state index is 0.000576. The van der Waals surface area contributed by atoms with Gasteiger partial charge in [0.1, 0.15) is 70.4 Å². The standard InChI is InChI=1S/C39H32O14/c40-20-7-1-17(2-8-20)26-15-25(44)31-24(43)13-23(14-27(31)51-26)50-39-35(46)34(45)36-28(52-39)16-49-37(47)32-29(18-3-9-21(41)10-4-18)30(33(32)38(48)53-36)19-5-11-22(42)12-6-19/h1-15,28-30,32-36,39-43,45-46H,16H2. The highest BCUT2D eigenvalue weighted by molar-refractivity contribution is 5.88. The quantitative estimate of drug-likeness (QED) is 0.143. The van der Waals surface area contributed by atoms with Gasteiger partial charge in [0.25, 0.3) is 0 Å². The molecule has 6 N–H and O–H groups in total. The van der Waals surface area contributed by atoms with Gasteiger partial charge in [-0.3, -0.25) is 14.4 Å². The number of carbonyl (C=O) groups excluding carboxylic acids is 2. The molecule has 5 aromatic rings. The van der Waals surface area contributed by atoms with Crippen molar-refractivity contribution in [3.8, 4) is 40.1 Å². The number of carbonyl (C=O) groups is 2. The van der Waals surface area contributed by atoms with Gasteiger partial charge >= 0.3 is 11.9 Å². The molecule has 272 valence electrons. The van der Waals surface area contributed by atoms with Crippen LogP contribution in [-0.4, -0.2) is 79.9 Å². The number of aliphatic hydroxyl groups is 2. The van der Waals surface area contributed by atoms with E-state index in [0.29, 0.717) is 16.7 Å². The number of phenols is 4. The van der Waals surface area contributed by atoms with Crippen molar-refractivity contribution in [3.05, 3.63) is 112 Å². The zero-order chi connectivity index (χ0) is 37.1. The predicted molar refractivity (Wildman–Crippen MR) is 182 cm³/mol. The van der Waals surface area contributed by atoms with Crippen molar-refractivity contribution in [2.75, 3.05) is 6.61 Å². The van der Waals surface area contributed by atoms with E-state index >= 15 is 0 Å². The number of phenolic OH excluding ortho intramolecular Hbond substituents is 4. The maximum absolute atomic E-state index is 13.9. The van der Waals surface area contributed by atoms with E-state index in [1.807, 2.05) is 0 Å². The molecule has 2 saturated heterocycles. The van der Waals surface area contributed by atoms with Gasteiger partial charge in [-0.25, -0.2) is 0 Å². The summed E-state index contributed by atoms with van der Waals surface area (Å²) in [6.07, 6.45) is -8.04. The number of aromatic hydroxyl groups is 4. The largest absolute Gasteiger partial charge is 0.508 e. The molecule has 14 nitrogen and oxygen atoms in total. The lowest BCUT2D eigenvalue weighted by atomic mass is 9.52. The molecule has 9 unspecified atom stereocenters. The molecule has 0 amide bonds. The van der Waals surface area contributed by atoms with Crippen molar-refractivity contribution >= 4 is 22.9 Å². The van der Waals surface area contributed by atoms with Crippen LogP contribution in [0.25, 0.3) is 22.3 Å². The minimum Gasteiger partial charge on any atom is -0.508 e. The molecule has 0 spiro atoms. The molecule has 1 aliphatic carbocycles. The van der Waals surface area contributed by atoms with Crippen LogP contribution in [0.4, 0.5) is 0 Å². The monoisotopic (exact) mass is 724 g/mol. The molecule has 3 fully saturated rings. The highest BCUT2D eigenvalue weighted by Crippen LogP contribution is 2.59. The third-order valence-electron chi connectivity index (χ3n) is 10.1. The number of rotatable bonds is 5. The Balaban J connectivity index is 1.08. The van der Waals surface area contributed by atoms with Gasteiger partial charge < -0.3 is 54.0 Å². The molecule has 0 bridgehead atoms. The number of hydrogen-bond donors (Lipinski definition) is 6. The van der Waals surface area contributed by atoms with Gasteiger partial charge in [-0.1, -0.05) is 24.3 Å². The highest BCUT2D eigenvalue weighted by Gasteiger charge is 2.62. The molecule has 9 atom stereocenters. The third kappa shape index (κ3) is 6.05. The number of aliphatic hydroxyl groups excluding tert-OH is 2. The Morgan fingerprint density at radius 2 is 1.21 bits per heavy atom. The van der Waals surface area contributed by atoms with E-state index in [9.17, 15) is 45.0 Å². The average molecular weight is 725 g/mol. The Hall–Kier alpha value is -6.09. The van der Waals surface area contributed by atoms with E-state index in [1.165, 1.54) is 60.7 Å². The number of cyclic esters (lactones) is 1. The molecule has 1 aromatic heterocycles. The average Bonchev–Trinajstić information content (AvgIpc) is 3.15. The number of fused-ring (bicyclic) bond motifs is 3. The Kier molecular flexibility index (Phi) is 8.44. The number of ether oxygens (including phenoxy) is 4. The Morgan fingerprint density at radius 1 is 0.642 bits per heavy atom. The second kappa shape index (κ2) is 13.2. The lowest BCUT2D eigenvalue weighted by Gasteiger charge is -2.49. The van der Waals surface area contributed by atoms with Crippen LogP contribution >= 0.6 is 0 Å². The Labute approximate surface area is 299 Å². The molecule has 3 aliphatic rings. The van der Waals surface area contributed by atoms with Crippen LogP contribution in [0.15, 0.2) is 100 Å². The zero-order valence-corrected chi connectivity index (χ0v) is 27.5. The second-order valence-corrected chi connectivity index (χ2v) is 13.3. The van der Waals surface area contributed by atoms with Crippen LogP contribution in [0.3, 0.4) is 0 Å². The summed E-state index contributed by atoms with van der Waals surface area (Å²) in [7, 11) is 0. The summed E-state index contributed by atoms with van der Waals surface area (Å²) >= 11 is 0. The summed E-state index contributed by atoms with van der Waals surface area (Å²) in [6, 6.07) is 21.9. The SMILES string of the molecule is O=C1OCC2OC(Oc3cc(O)c4c(=O)cc(-c5ccc(O)cc5)oc4c3)C(O)C(O)C2OC(=O)C2C1C(c1ccc(O)cc1)C2c1ccc(O)cc1. The normalized spacial score (nSPS) is 28.2. The maximum atomic E-state index is 13.9. The zero-order valence-electron chi connectivity index (χ0n) is 27.5. The maximum Gasteiger partial charge on any atom is 0.310 e. The minimum atomic E-state index is -1.82. The van der Waals surface area contributed by atoms with Gasteiger partial charge in [-0.2, -0.15) is 0 Å². The van der Waals surface area contributed by atoms with Crippen LogP contribution in [-0.2, 0) is 23.8 Å².